The van der Waals surface area contributed by atoms with Crippen LogP contribution in [0.25, 0.3) is 0 Å². The molecule has 5 rings (SSSR count). The van der Waals surface area contributed by atoms with Crippen molar-refractivity contribution in [2.24, 2.45) is 7.05 Å². The highest BCUT2D eigenvalue weighted by Gasteiger charge is 2.66. The molecule has 3 aromatic rings. The Morgan fingerprint density at radius 3 is 2.41 bits per heavy atom. The van der Waals surface area contributed by atoms with Crippen LogP contribution in [0.5, 0.6) is 0 Å². The van der Waals surface area contributed by atoms with Gasteiger partial charge in [-0.05, 0) is 27.1 Å². The van der Waals surface area contributed by atoms with E-state index in [-0.39, 0.29) is 11.0 Å². The third-order valence-electron chi connectivity index (χ3n) is 6.48. The average Bonchev–Trinajstić information content (AvgIpc) is 3.42. The van der Waals surface area contributed by atoms with Gasteiger partial charge in [-0.2, -0.15) is 0 Å². The number of carbonyl (C=O) groups excluding carboxylic acids is 4. The van der Waals surface area contributed by atoms with E-state index >= 15 is 0 Å². The molecule has 1 saturated heterocycles. The number of β-lactam (4-membered cyclic amide) rings is 1. The van der Waals surface area contributed by atoms with Crippen LogP contribution in [0.2, 0.25) is 0 Å². The second-order valence-electron chi connectivity index (χ2n) is 9.02. The Morgan fingerprint density at radius 1 is 1.20 bits per heavy atom. The van der Waals surface area contributed by atoms with E-state index in [1.54, 1.807) is 7.05 Å². The van der Waals surface area contributed by atoms with Gasteiger partial charge in [0, 0.05) is 18.6 Å². The lowest BCUT2D eigenvalue weighted by molar-refractivity contribution is -0.164. The Bertz CT molecular complexity index is 1450. The Labute approximate surface area is 251 Å². The molecule has 2 atom stereocenters. The Morgan fingerprint density at radius 2 is 1.85 bits per heavy atom. The SMILES string of the molecule is Cn1nnnc1SCC1=C(C(=O)OC(c2ccccc2)c2ccccc2)N2C(=O)[C@@](NC=O)(NC(=O)CBr)[C@@H]2SC1. The van der Waals surface area contributed by atoms with Crippen LogP contribution >= 0.6 is 39.5 Å². The van der Waals surface area contributed by atoms with Gasteiger partial charge in [-0.1, -0.05) is 88.4 Å². The first-order valence-electron chi connectivity index (χ1n) is 12.3. The maximum atomic E-state index is 14.1. The van der Waals surface area contributed by atoms with Gasteiger partial charge in [-0.15, -0.1) is 16.9 Å². The second kappa shape index (κ2) is 12.4. The summed E-state index contributed by atoms with van der Waals surface area (Å²) < 4.78 is 7.65. The van der Waals surface area contributed by atoms with Crippen molar-refractivity contribution in [3.8, 4) is 0 Å². The number of aromatic nitrogens is 4. The molecule has 2 aliphatic heterocycles. The molecular formula is C26H24BrN7O5S2. The summed E-state index contributed by atoms with van der Waals surface area (Å²) in [5.41, 5.74) is 0.505. The number of carbonyl (C=O) groups is 4. The summed E-state index contributed by atoms with van der Waals surface area (Å²) in [5.74, 6) is -1.23. The second-order valence-corrected chi connectivity index (χ2v) is 11.6. The summed E-state index contributed by atoms with van der Waals surface area (Å²) in [6, 6.07) is 18.6. The third kappa shape index (κ3) is 5.61. The summed E-state index contributed by atoms with van der Waals surface area (Å²) in [7, 11) is 1.70. The van der Waals surface area contributed by atoms with Gasteiger partial charge < -0.3 is 15.4 Å². The first-order valence-corrected chi connectivity index (χ1v) is 15.5. The standard InChI is InChI=1S/C26H24BrN7O5S2/c1-33-25(30-31-32-33)41-14-18-13-40-24-26(28-15-35,29-19(36)12-27)23(38)34(24)20(18)22(37)39-21(16-8-4-2-5-9-16)17-10-6-3-7-11-17/h2-11,15,21,24H,12-14H2,1H3,(H,28,35)(H,29,36)/t24-,26+/m0/s1. The molecule has 0 saturated carbocycles. The van der Waals surface area contributed by atoms with Crippen LogP contribution in [0.3, 0.4) is 0 Å². The van der Waals surface area contributed by atoms with Crippen molar-refractivity contribution < 1.29 is 23.9 Å². The molecule has 41 heavy (non-hydrogen) atoms. The minimum atomic E-state index is -1.70. The minimum Gasteiger partial charge on any atom is -0.448 e. The number of fused-ring (bicyclic) bond motifs is 1. The lowest BCUT2D eigenvalue weighted by atomic mass is 9.95. The van der Waals surface area contributed by atoms with Crippen LogP contribution in [-0.4, -0.2) is 77.2 Å². The molecule has 0 unspecified atom stereocenters. The van der Waals surface area contributed by atoms with E-state index in [4.69, 9.17) is 4.74 Å². The minimum absolute atomic E-state index is 0.0645. The van der Waals surface area contributed by atoms with Crippen molar-refractivity contribution in [1.29, 1.82) is 0 Å². The van der Waals surface area contributed by atoms with Crippen LogP contribution in [0.15, 0.2) is 77.1 Å². The Hall–Kier alpha value is -3.69. The van der Waals surface area contributed by atoms with Crippen molar-refractivity contribution in [2.75, 3.05) is 16.8 Å². The number of aryl methyl sites for hydroxylation is 1. The number of rotatable bonds is 11. The number of ether oxygens (including phenoxy) is 1. The summed E-state index contributed by atoms with van der Waals surface area (Å²) >= 11 is 5.70. The molecule has 12 nitrogen and oxygen atoms in total. The largest absolute Gasteiger partial charge is 0.448 e. The number of benzene rings is 2. The highest BCUT2D eigenvalue weighted by atomic mass is 79.9. The number of nitrogens with zero attached hydrogens (tertiary/aromatic N) is 5. The number of thioether (sulfide) groups is 2. The Kier molecular flexibility index (Phi) is 8.75. The summed E-state index contributed by atoms with van der Waals surface area (Å²) in [6.45, 7) is 0. The van der Waals surface area contributed by atoms with E-state index < -0.39 is 34.9 Å². The molecule has 0 bridgehead atoms. The lowest BCUT2D eigenvalue weighted by Gasteiger charge is -2.56. The topological polar surface area (TPSA) is 148 Å². The molecule has 15 heteroatoms. The highest BCUT2D eigenvalue weighted by Crippen LogP contribution is 2.46. The van der Waals surface area contributed by atoms with Crippen molar-refractivity contribution in [1.82, 2.24) is 35.7 Å². The van der Waals surface area contributed by atoms with Gasteiger partial charge in [0.15, 0.2) is 6.10 Å². The zero-order valence-electron chi connectivity index (χ0n) is 21.6. The van der Waals surface area contributed by atoms with E-state index in [2.05, 4.69) is 42.1 Å². The van der Waals surface area contributed by atoms with Crippen LogP contribution < -0.4 is 10.6 Å². The molecule has 2 aliphatic rings. The summed E-state index contributed by atoms with van der Waals surface area (Å²) in [4.78, 5) is 52.9. The number of alkyl halides is 1. The fourth-order valence-corrected chi connectivity index (χ4v) is 7.15. The van der Waals surface area contributed by atoms with E-state index in [1.807, 2.05) is 60.7 Å². The van der Waals surface area contributed by atoms with E-state index in [1.165, 1.54) is 33.1 Å². The normalized spacial score (nSPS) is 19.8. The number of amides is 3. The molecule has 1 aromatic heterocycles. The predicted molar refractivity (Wildman–Crippen MR) is 154 cm³/mol. The molecular weight excluding hydrogens is 634 g/mol. The number of halogens is 1. The monoisotopic (exact) mass is 657 g/mol. The van der Waals surface area contributed by atoms with E-state index in [0.29, 0.717) is 28.6 Å². The van der Waals surface area contributed by atoms with Crippen LogP contribution in [0, 0.1) is 0 Å². The number of hydrogen-bond donors (Lipinski definition) is 2. The van der Waals surface area contributed by atoms with Gasteiger partial charge in [0.25, 0.3) is 5.91 Å². The fraction of sp³-hybridized carbons (Fsp3) is 0.269. The number of nitrogens with one attached hydrogen (secondary N) is 2. The van der Waals surface area contributed by atoms with Gasteiger partial charge in [-0.3, -0.25) is 19.3 Å². The zero-order valence-corrected chi connectivity index (χ0v) is 24.8. The Balaban J connectivity index is 1.52. The lowest BCUT2D eigenvalue weighted by Crippen LogP contribution is -2.85. The highest BCUT2D eigenvalue weighted by molar-refractivity contribution is 9.09. The molecule has 0 aliphatic carbocycles. The van der Waals surface area contributed by atoms with Crippen molar-refractivity contribution in [3.05, 3.63) is 83.1 Å². The smallest absolute Gasteiger partial charge is 0.356 e. The van der Waals surface area contributed by atoms with Gasteiger partial charge in [0.2, 0.25) is 23.1 Å². The van der Waals surface area contributed by atoms with Gasteiger partial charge in [0.1, 0.15) is 11.1 Å². The predicted octanol–water partition coefficient (Wildman–Crippen LogP) is 1.76. The first-order chi connectivity index (χ1) is 19.9. The molecule has 212 valence electrons. The van der Waals surface area contributed by atoms with Crippen molar-refractivity contribution >= 4 is 63.6 Å². The van der Waals surface area contributed by atoms with Crippen LogP contribution in [0.1, 0.15) is 17.2 Å². The van der Waals surface area contributed by atoms with Gasteiger partial charge >= 0.3 is 5.97 Å². The first kappa shape index (κ1) is 28.8. The number of esters is 1. The number of hydrogen-bond acceptors (Lipinski definition) is 10. The summed E-state index contributed by atoms with van der Waals surface area (Å²) in [6.07, 6.45) is -0.385. The maximum Gasteiger partial charge on any atom is 0.356 e. The molecule has 3 heterocycles. The zero-order chi connectivity index (χ0) is 29.0. The molecule has 2 aromatic carbocycles. The van der Waals surface area contributed by atoms with E-state index in [9.17, 15) is 19.2 Å². The maximum absolute atomic E-state index is 14.1. The molecule has 3 amide bonds. The van der Waals surface area contributed by atoms with Crippen LogP contribution in [-0.2, 0) is 31.0 Å². The molecule has 0 spiro atoms. The summed E-state index contributed by atoms with van der Waals surface area (Å²) in [5, 5.41) is 16.2. The molecule has 2 N–H and O–H groups in total. The average molecular weight is 659 g/mol. The van der Waals surface area contributed by atoms with E-state index in [0.717, 1.165) is 11.1 Å². The van der Waals surface area contributed by atoms with Gasteiger partial charge in [-0.25, -0.2) is 9.48 Å². The third-order valence-corrected chi connectivity index (χ3v) is 9.48. The van der Waals surface area contributed by atoms with Crippen molar-refractivity contribution in [3.63, 3.8) is 0 Å². The number of tetrazole rings is 1. The molecule has 0 radical (unpaired) electrons. The molecule has 1 fully saturated rings. The van der Waals surface area contributed by atoms with Crippen molar-refractivity contribution in [2.45, 2.75) is 22.3 Å². The van der Waals surface area contributed by atoms with Gasteiger partial charge in [0.05, 0.1) is 5.33 Å². The van der Waals surface area contributed by atoms with Crippen LogP contribution in [0.4, 0.5) is 0 Å². The fourth-order valence-electron chi connectivity index (χ4n) is 4.59. The quantitative estimate of drug-likeness (QED) is 0.0780.